The summed E-state index contributed by atoms with van der Waals surface area (Å²) in [5, 5.41) is 8.22. The fourth-order valence-electron chi connectivity index (χ4n) is 0.890. The molecule has 0 spiro atoms. The second-order valence-corrected chi connectivity index (χ2v) is 2.68. The van der Waals surface area contributed by atoms with Gasteiger partial charge in [-0.2, -0.15) is 0 Å². The lowest BCUT2D eigenvalue weighted by molar-refractivity contribution is -0.149. The van der Waals surface area contributed by atoms with E-state index >= 15 is 0 Å². The molecule has 4 heteroatoms. The van der Waals surface area contributed by atoms with Crippen LogP contribution < -0.4 is 5.73 Å². The molecule has 0 bridgehead atoms. The van der Waals surface area contributed by atoms with E-state index < -0.39 is 11.8 Å². The number of nitrogens with two attached hydrogens (primary N) is 1. The third kappa shape index (κ3) is 5.85. The Morgan fingerprint density at radius 3 is 2.17 bits per heavy atom. The molecule has 0 aromatic heterocycles. The molecular formula is C8H15NO3. The molecular weight excluding hydrogens is 158 g/mol. The van der Waals surface area contributed by atoms with Crippen molar-refractivity contribution in [3.05, 3.63) is 0 Å². The van der Waals surface area contributed by atoms with Crippen LogP contribution in [0.2, 0.25) is 0 Å². The van der Waals surface area contributed by atoms with Gasteiger partial charge < -0.3 is 10.8 Å². The maximum atomic E-state index is 10.6. The first-order valence-electron chi connectivity index (χ1n) is 4.14. The normalized spacial score (nSPS) is 9.75. The average Bonchev–Trinajstić information content (AvgIpc) is 2.03. The summed E-state index contributed by atoms with van der Waals surface area (Å²) in [6.45, 7) is 0.660. The molecule has 12 heavy (non-hydrogen) atoms. The van der Waals surface area contributed by atoms with Crippen molar-refractivity contribution in [2.45, 2.75) is 32.1 Å². The minimum Gasteiger partial charge on any atom is -0.476 e. The molecule has 0 aliphatic carbocycles. The summed E-state index contributed by atoms with van der Waals surface area (Å²) in [6.07, 6.45) is 3.62. The van der Waals surface area contributed by atoms with Gasteiger partial charge in [0, 0.05) is 6.42 Å². The van der Waals surface area contributed by atoms with Crippen LogP contribution in [0.4, 0.5) is 0 Å². The number of aliphatic carboxylic acids is 1. The highest BCUT2D eigenvalue weighted by Crippen LogP contribution is 2.02. The lowest BCUT2D eigenvalue weighted by Gasteiger charge is -1.96. The Hall–Kier alpha value is -0.900. The van der Waals surface area contributed by atoms with Crippen molar-refractivity contribution in [3.8, 4) is 0 Å². The van der Waals surface area contributed by atoms with Crippen LogP contribution in [-0.4, -0.2) is 23.4 Å². The predicted molar refractivity (Wildman–Crippen MR) is 44.8 cm³/mol. The molecule has 0 heterocycles. The lowest BCUT2D eigenvalue weighted by atomic mass is 10.1. The Morgan fingerprint density at radius 2 is 1.67 bits per heavy atom. The number of rotatable bonds is 7. The summed E-state index contributed by atoms with van der Waals surface area (Å²) in [4.78, 5) is 20.6. The van der Waals surface area contributed by atoms with E-state index in [0.29, 0.717) is 13.0 Å². The van der Waals surface area contributed by atoms with Crippen molar-refractivity contribution in [2.75, 3.05) is 6.54 Å². The zero-order chi connectivity index (χ0) is 9.40. The van der Waals surface area contributed by atoms with Crippen molar-refractivity contribution in [2.24, 2.45) is 5.73 Å². The molecule has 0 aliphatic heterocycles. The molecule has 0 atom stereocenters. The molecule has 0 rings (SSSR count). The summed E-state index contributed by atoms with van der Waals surface area (Å²) in [6, 6.07) is 0. The first-order chi connectivity index (χ1) is 5.68. The fourth-order valence-corrected chi connectivity index (χ4v) is 0.890. The van der Waals surface area contributed by atoms with Gasteiger partial charge in [-0.25, -0.2) is 4.79 Å². The van der Waals surface area contributed by atoms with E-state index in [1.807, 2.05) is 0 Å². The molecule has 0 saturated carbocycles. The van der Waals surface area contributed by atoms with Gasteiger partial charge in [-0.15, -0.1) is 0 Å². The zero-order valence-electron chi connectivity index (χ0n) is 7.08. The summed E-state index contributed by atoms with van der Waals surface area (Å²) in [5.41, 5.74) is 5.26. The van der Waals surface area contributed by atoms with Crippen molar-refractivity contribution >= 4 is 11.8 Å². The minimum absolute atomic E-state index is 0.153. The highest BCUT2D eigenvalue weighted by molar-refractivity contribution is 6.32. The number of hydrogen-bond donors (Lipinski definition) is 2. The van der Waals surface area contributed by atoms with Gasteiger partial charge >= 0.3 is 5.97 Å². The second kappa shape index (κ2) is 6.79. The number of carbonyl (C=O) groups is 2. The third-order valence-corrected chi connectivity index (χ3v) is 1.60. The van der Waals surface area contributed by atoms with E-state index in [1.54, 1.807) is 0 Å². The van der Waals surface area contributed by atoms with Crippen LogP contribution in [0.25, 0.3) is 0 Å². The van der Waals surface area contributed by atoms with E-state index in [2.05, 4.69) is 0 Å². The molecule has 0 fully saturated rings. The summed E-state index contributed by atoms with van der Waals surface area (Å²) >= 11 is 0. The predicted octanol–water partition coefficient (Wildman–Crippen LogP) is 0.549. The van der Waals surface area contributed by atoms with Gasteiger partial charge in [0.05, 0.1) is 0 Å². The largest absolute Gasteiger partial charge is 0.476 e. The Kier molecular flexibility index (Phi) is 6.28. The van der Waals surface area contributed by atoms with Crippen LogP contribution >= 0.6 is 0 Å². The number of carbonyl (C=O) groups excluding carboxylic acids is 1. The van der Waals surface area contributed by atoms with Crippen LogP contribution in [0, 0.1) is 0 Å². The van der Waals surface area contributed by atoms with Crippen molar-refractivity contribution < 1.29 is 14.7 Å². The Bertz CT molecular complexity index is 156. The van der Waals surface area contributed by atoms with Gasteiger partial charge in [-0.3, -0.25) is 4.79 Å². The second-order valence-electron chi connectivity index (χ2n) is 2.68. The molecule has 0 radical (unpaired) electrons. The number of carboxylic acid groups (broad SMARTS) is 1. The summed E-state index contributed by atoms with van der Waals surface area (Å²) in [5.74, 6) is -2.02. The van der Waals surface area contributed by atoms with E-state index in [-0.39, 0.29) is 6.42 Å². The molecule has 4 nitrogen and oxygen atoms in total. The van der Waals surface area contributed by atoms with Gasteiger partial charge in [0.25, 0.3) is 0 Å². The van der Waals surface area contributed by atoms with Gasteiger partial charge in [-0.1, -0.05) is 12.8 Å². The number of carboxylic acids is 1. The van der Waals surface area contributed by atoms with Gasteiger partial charge in [0.1, 0.15) is 0 Å². The minimum atomic E-state index is -1.33. The highest BCUT2D eigenvalue weighted by Gasteiger charge is 2.09. The molecule has 0 unspecified atom stereocenters. The molecule has 0 saturated heterocycles. The Balaban J connectivity index is 3.20. The molecule has 0 aromatic rings. The van der Waals surface area contributed by atoms with Gasteiger partial charge in [0.15, 0.2) is 0 Å². The number of unbranched alkanes of at least 4 members (excludes halogenated alkanes) is 3. The zero-order valence-corrected chi connectivity index (χ0v) is 7.08. The van der Waals surface area contributed by atoms with Crippen LogP contribution in [0.3, 0.4) is 0 Å². The lowest BCUT2D eigenvalue weighted by Crippen LogP contribution is -2.11. The Morgan fingerprint density at radius 1 is 1.08 bits per heavy atom. The van der Waals surface area contributed by atoms with Crippen molar-refractivity contribution in [3.63, 3.8) is 0 Å². The standard InChI is InChI=1S/C8H15NO3/c9-6-4-2-1-3-5-7(10)8(11)12/h1-6,9H2,(H,11,12). The van der Waals surface area contributed by atoms with Crippen LogP contribution in [0.5, 0.6) is 0 Å². The number of hydrogen-bond acceptors (Lipinski definition) is 3. The maximum absolute atomic E-state index is 10.6. The quantitative estimate of drug-likeness (QED) is 0.435. The SMILES string of the molecule is NCCCCCCC(=O)C(=O)O. The first-order valence-corrected chi connectivity index (χ1v) is 4.14. The van der Waals surface area contributed by atoms with E-state index in [1.165, 1.54) is 0 Å². The molecule has 3 N–H and O–H groups in total. The summed E-state index contributed by atoms with van der Waals surface area (Å²) < 4.78 is 0. The van der Waals surface area contributed by atoms with Crippen molar-refractivity contribution in [1.29, 1.82) is 0 Å². The summed E-state index contributed by atoms with van der Waals surface area (Å²) in [7, 11) is 0. The van der Waals surface area contributed by atoms with Crippen molar-refractivity contribution in [1.82, 2.24) is 0 Å². The first kappa shape index (κ1) is 11.1. The Labute approximate surface area is 71.8 Å². The average molecular weight is 173 g/mol. The number of Topliss-reactive ketones (excluding diaryl/α,β-unsaturated/α-hetero) is 1. The third-order valence-electron chi connectivity index (χ3n) is 1.60. The molecule has 0 aromatic carbocycles. The van der Waals surface area contributed by atoms with Gasteiger partial charge in [-0.05, 0) is 19.4 Å². The maximum Gasteiger partial charge on any atom is 0.372 e. The molecule has 70 valence electrons. The number of ketones is 1. The monoisotopic (exact) mass is 173 g/mol. The van der Waals surface area contributed by atoms with Gasteiger partial charge in [0.2, 0.25) is 5.78 Å². The van der Waals surface area contributed by atoms with Crippen LogP contribution in [0.1, 0.15) is 32.1 Å². The topological polar surface area (TPSA) is 80.4 Å². The molecule has 0 amide bonds. The van der Waals surface area contributed by atoms with E-state index in [0.717, 1.165) is 19.3 Å². The molecule has 0 aliphatic rings. The van der Waals surface area contributed by atoms with E-state index in [4.69, 9.17) is 10.8 Å². The van der Waals surface area contributed by atoms with Crippen LogP contribution in [-0.2, 0) is 9.59 Å². The smallest absolute Gasteiger partial charge is 0.372 e. The fraction of sp³-hybridized carbons (Fsp3) is 0.750. The highest BCUT2D eigenvalue weighted by atomic mass is 16.4. The van der Waals surface area contributed by atoms with E-state index in [9.17, 15) is 9.59 Å². The van der Waals surface area contributed by atoms with Crippen LogP contribution in [0.15, 0.2) is 0 Å².